The molecule has 4 aliphatic heterocycles. The Morgan fingerprint density at radius 1 is 1.12 bits per heavy atom. The molecule has 2 saturated heterocycles. The van der Waals surface area contributed by atoms with Crippen molar-refractivity contribution >= 4 is 39.6 Å². The Hall–Kier alpha value is -3.06. The zero-order chi connectivity index (χ0) is 30.9. The molecule has 3 amide bonds. The van der Waals surface area contributed by atoms with Crippen LogP contribution in [-0.4, -0.2) is 102 Å². The molecule has 2 N–H and O–H groups in total. The monoisotopic (exact) mass is 659 g/mol. The lowest BCUT2D eigenvalue weighted by molar-refractivity contribution is -0.162. The number of esters is 1. The van der Waals surface area contributed by atoms with Gasteiger partial charge >= 0.3 is 5.97 Å². The summed E-state index contributed by atoms with van der Waals surface area (Å²) < 4.78 is 18.6. The molecule has 5 bridgehead atoms. The van der Waals surface area contributed by atoms with Crippen LogP contribution in [0.3, 0.4) is 0 Å². The van der Waals surface area contributed by atoms with E-state index in [-0.39, 0.29) is 50.6 Å². The largest absolute Gasteiger partial charge is 0.455 e. The number of β-amino-alcohol motifs (C(OH)–C–C–N with tert-alkyl or cyclic N) is 1. The third kappa shape index (κ3) is 5.65. The van der Waals surface area contributed by atoms with Crippen molar-refractivity contribution in [3.05, 3.63) is 58.6 Å². The fourth-order valence-corrected chi connectivity index (χ4v) is 7.47. The van der Waals surface area contributed by atoms with E-state index in [1.165, 1.54) is 12.0 Å². The molecule has 0 aliphatic carbocycles. The highest BCUT2D eigenvalue weighted by molar-refractivity contribution is 9.11. The fourth-order valence-electron chi connectivity index (χ4n) is 6.74. The summed E-state index contributed by atoms with van der Waals surface area (Å²) >= 11 is 3.54. The zero-order valence-electron chi connectivity index (χ0n) is 24.5. The number of amides is 3. The van der Waals surface area contributed by atoms with Crippen molar-refractivity contribution in [2.45, 2.75) is 62.6 Å². The summed E-state index contributed by atoms with van der Waals surface area (Å²) in [5, 5.41) is 12.9. The molecular formula is C31H38BrN3O8. The number of aliphatic hydroxyl groups excluding tert-OH is 1. The minimum Gasteiger partial charge on any atom is -0.455 e. The van der Waals surface area contributed by atoms with Crippen LogP contribution in [0.25, 0.3) is 0 Å². The highest BCUT2D eigenvalue weighted by Gasteiger charge is 2.75. The van der Waals surface area contributed by atoms with E-state index in [9.17, 15) is 24.3 Å². The smallest absolute Gasteiger partial charge is 0.313 e. The molecule has 0 radical (unpaired) electrons. The number of carbonyl (C=O) groups excluding carboxylic acids is 4. The van der Waals surface area contributed by atoms with Gasteiger partial charge in [0.05, 0.1) is 25.2 Å². The van der Waals surface area contributed by atoms with Gasteiger partial charge in [-0.25, -0.2) is 0 Å². The first kappa shape index (κ1) is 31.4. The maximum absolute atomic E-state index is 14.3. The van der Waals surface area contributed by atoms with Crippen LogP contribution in [0.5, 0.6) is 0 Å². The summed E-state index contributed by atoms with van der Waals surface area (Å²) in [5.74, 6) is -3.85. The first-order valence-electron chi connectivity index (χ1n) is 14.6. The molecule has 0 unspecified atom stereocenters. The third-order valence-corrected chi connectivity index (χ3v) is 9.30. The summed E-state index contributed by atoms with van der Waals surface area (Å²) in [5.41, 5.74) is -0.784. The molecule has 11 nitrogen and oxygen atoms in total. The van der Waals surface area contributed by atoms with E-state index in [0.717, 1.165) is 0 Å². The SMILES string of the molecule is COC[C@H]1NC(=O)CC/C=C\CN(C(C)C)C(=O)[C@@H]2N(CCO)C(=O)[C@H]3[C@H](C(=O)O[C@@H]1c1ccccc1)[C@H]1O[C@@]23C=C1Br. The van der Waals surface area contributed by atoms with Gasteiger partial charge in [-0.1, -0.05) is 58.4 Å². The normalized spacial score (nSPS) is 33.9. The van der Waals surface area contributed by atoms with Gasteiger partial charge in [0, 0.05) is 37.1 Å². The Kier molecular flexibility index (Phi) is 9.40. The van der Waals surface area contributed by atoms with E-state index in [4.69, 9.17) is 14.2 Å². The number of fused-ring (bicyclic) bond motifs is 2. The second kappa shape index (κ2) is 12.9. The first-order valence-corrected chi connectivity index (χ1v) is 15.4. The summed E-state index contributed by atoms with van der Waals surface area (Å²) in [4.78, 5) is 58.5. The minimum absolute atomic E-state index is 0.0686. The van der Waals surface area contributed by atoms with Crippen LogP contribution in [0.2, 0.25) is 0 Å². The second-order valence-electron chi connectivity index (χ2n) is 11.6. The molecule has 4 aliphatic rings. The number of benzene rings is 1. The number of nitrogens with one attached hydrogen (secondary N) is 1. The number of nitrogens with zero attached hydrogens (tertiary/aromatic N) is 2. The summed E-state index contributed by atoms with van der Waals surface area (Å²) in [7, 11) is 1.50. The van der Waals surface area contributed by atoms with Crippen LogP contribution in [0.4, 0.5) is 0 Å². The van der Waals surface area contributed by atoms with Crippen LogP contribution in [0.15, 0.2) is 53.0 Å². The molecule has 1 spiro atoms. The number of halogens is 1. The van der Waals surface area contributed by atoms with Gasteiger partial charge < -0.3 is 34.4 Å². The third-order valence-electron chi connectivity index (χ3n) is 8.62. The zero-order valence-corrected chi connectivity index (χ0v) is 26.1. The van der Waals surface area contributed by atoms with Crippen molar-refractivity contribution in [1.82, 2.24) is 15.1 Å². The predicted molar refractivity (Wildman–Crippen MR) is 158 cm³/mol. The number of likely N-dealkylation sites (tertiary alicyclic amines) is 1. The van der Waals surface area contributed by atoms with Crippen molar-refractivity contribution in [2.75, 3.05) is 33.4 Å². The Balaban J connectivity index is 1.62. The van der Waals surface area contributed by atoms with E-state index in [2.05, 4.69) is 21.2 Å². The molecule has 2 fully saturated rings. The van der Waals surface area contributed by atoms with Gasteiger partial charge in [-0.05, 0) is 31.9 Å². The van der Waals surface area contributed by atoms with Crippen molar-refractivity contribution < 1.29 is 38.5 Å². The van der Waals surface area contributed by atoms with E-state index < -0.39 is 53.6 Å². The van der Waals surface area contributed by atoms with Crippen molar-refractivity contribution in [2.24, 2.45) is 11.8 Å². The van der Waals surface area contributed by atoms with E-state index in [0.29, 0.717) is 16.5 Å². The van der Waals surface area contributed by atoms with Gasteiger partial charge in [0.2, 0.25) is 17.7 Å². The van der Waals surface area contributed by atoms with Crippen LogP contribution >= 0.6 is 15.9 Å². The number of cyclic esters (lactones) is 1. The molecule has 4 heterocycles. The topological polar surface area (TPSA) is 135 Å². The lowest BCUT2D eigenvalue weighted by Gasteiger charge is -2.37. The first-order chi connectivity index (χ1) is 20.6. The number of hydrogen-bond donors (Lipinski definition) is 2. The van der Waals surface area contributed by atoms with Gasteiger partial charge in [-0.2, -0.15) is 0 Å². The van der Waals surface area contributed by atoms with Crippen LogP contribution in [0.1, 0.15) is 38.4 Å². The lowest BCUT2D eigenvalue weighted by Crippen LogP contribution is -2.57. The summed E-state index contributed by atoms with van der Waals surface area (Å²) in [6.07, 6.45) is 4.25. The number of aliphatic hydroxyl groups is 1. The van der Waals surface area contributed by atoms with Crippen LogP contribution < -0.4 is 5.32 Å². The Morgan fingerprint density at radius 2 is 1.86 bits per heavy atom. The Bertz CT molecular complexity index is 1300. The predicted octanol–water partition coefficient (Wildman–Crippen LogP) is 1.85. The van der Waals surface area contributed by atoms with Gasteiger partial charge in [0.15, 0.2) is 0 Å². The summed E-state index contributed by atoms with van der Waals surface area (Å²) in [6.45, 7) is 3.62. The van der Waals surface area contributed by atoms with Crippen LogP contribution in [0, 0.1) is 11.8 Å². The van der Waals surface area contributed by atoms with Gasteiger partial charge in [0.25, 0.3) is 0 Å². The highest BCUT2D eigenvalue weighted by Crippen LogP contribution is 2.59. The number of hydrogen-bond acceptors (Lipinski definition) is 8. The van der Waals surface area contributed by atoms with Gasteiger partial charge in [-0.15, -0.1) is 0 Å². The molecule has 1 aromatic rings. The molecule has 0 aromatic heterocycles. The molecule has 43 heavy (non-hydrogen) atoms. The van der Waals surface area contributed by atoms with E-state index in [1.807, 2.05) is 32.1 Å². The maximum Gasteiger partial charge on any atom is 0.313 e. The molecule has 232 valence electrons. The quantitative estimate of drug-likeness (QED) is 0.349. The number of methoxy groups -OCH3 is 1. The van der Waals surface area contributed by atoms with Gasteiger partial charge in [0.1, 0.15) is 29.8 Å². The van der Waals surface area contributed by atoms with Crippen molar-refractivity contribution in [3.8, 4) is 0 Å². The number of ether oxygens (including phenoxy) is 3. The summed E-state index contributed by atoms with van der Waals surface area (Å²) in [6, 6.07) is 7.01. The lowest BCUT2D eigenvalue weighted by atomic mass is 9.74. The molecular weight excluding hydrogens is 622 g/mol. The van der Waals surface area contributed by atoms with Gasteiger partial charge in [-0.3, -0.25) is 19.2 Å². The number of allylic oxidation sites excluding steroid dienone is 1. The molecule has 12 heteroatoms. The van der Waals surface area contributed by atoms with Crippen molar-refractivity contribution in [3.63, 3.8) is 0 Å². The van der Waals surface area contributed by atoms with E-state index in [1.54, 1.807) is 35.2 Å². The maximum atomic E-state index is 14.3. The fraction of sp³-hybridized carbons (Fsp3) is 0.548. The van der Waals surface area contributed by atoms with Crippen molar-refractivity contribution in [1.29, 1.82) is 0 Å². The van der Waals surface area contributed by atoms with E-state index >= 15 is 0 Å². The average molecular weight is 661 g/mol. The highest BCUT2D eigenvalue weighted by atomic mass is 79.9. The number of rotatable bonds is 6. The standard InChI is InChI=1S/C31H38BrN3O8/c1-18(2)34-13-9-5-8-12-22(37)33-21(17-41-3)25(19-10-6-4-7-11-19)42-30(40)23-24-28(38)35(14-15-36)27(29(34)39)31(24)16-20(32)26(23)43-31/h4-7,9-11,16,18,21,23-27,36H,8,12-15,17H2,1-3H3,(H,33,37)/b9-5-/t21-,23+,24-,25-,26+,27+,31-/m1/s1. The Morgan fingerprint density at radius 3 is 2.53 bits per heavy atom. The molecule has 0 saturated carbocycles. The number of carbonyl (C=O) groups is 4. The Labute approximate surface area is 259 Å². The molecule has 1 aromatic carbocycles. The van der Waals surface area contributed by atoms with Crippen LogP contribution in [-0.2, 0) is 33.4 Å². The molecule has 5 rings (SSSR count). The molecule has 7 atom stereocenters. The minimum atomic E-state index is -1.43. The average Bonchev–Trinajstić information content (AvgIpc) is 3.56. The second-order valence-corrected chi connectivity index (χ2v) is 12.5.